The second-order valence-corrected chi connectivity index (χ2v) is 5.77. The molecule has 3 aromatic carbocycles. The highest BCUT2D eigenvalue weighted by Gasteiger charge is 2.02. The fraction of sp³-hybridized carbons (Fsp3) is 0.0455. The van der Waals surface area contributed by atoms with E-state index in [0.29, 0.717) is 5.56 Å². The predicted molar refractivity (Wildman–Crippen MR) is 105 cm³/mol. The number of carbonyl (C=O) groups is 1. The number of rotatable bonds is 6. The molecule has 3 rings (SSSR count). The number of nitrogens with zero attached hydrogens (tertiary/aromatic N) is 2. The Morgan fingerprint density at radius 3 is 1.92 bits per heavy atom. The number of hydrogen-bond acceptors (Lipinski definition) is 4. The predicted octanol–water partition coefficient (Wildman–Crippen LogP) is 6.30. The first kappa shape index (κ1) is 17.3. The van der Waals surface area contributed by atoms with Crippen LogP contribution in [0.1, 0.15) is 17.3 Å². The fourth-order valence-electron chi connectivity index (χ4n) is 2.37. The van der Waals surface area contributed by atoms with E-state index in [1.54, 1.807) is 18.2 Å². The Morgan fingerprint density at radius 1 is 0.769 bits per heavy atom. The van der Waals surface area contributed by atoms with E-state index >= 15 is 0 Å². The third-order valence-electron chi connectivity index (χ3n) is 3.65. The lowest BCUT2D eigenvalue weighted by molar-refractivity contribution is 0.104. The van der Waals surface area contributed by atoms with E-state index in [2.05, 4.69) is 15.5 Å². The second-order valence-electron chi connectivity index (χ2n) is 5.77. The maximum Gasteiger partial charge on any atom is 0.187 e. The van der Waals surface area contributed by atoms with Crippen molar-refractivity contribution < 1.29 is 4.79 Å². The van der Waals surface area contributed by atoms with Gasteiger partial charge in [0, 0.05) is 23.0 Å². The van der Waals surface area contributed by atoms with Crippen molar-refractivity contribution in [2.45, 2.75) is 6.92 Å². The summed E-state index contributed by atoms with van der Waals surface area (Å²) < 4.78 is 0. The molecule has 4 heteroatoms. The van der Waals surface area contributed by atoms with Crippen LogP contribution in [0.2, 0.25) is 0 Å². The Morgan fingerprint density at radius 2 is 1.31 bits per heavy atom. The lowest BCUT2D eigenvalue weighted by Gasteiger charge is -2.06. The molecular weight excluding hydrogens is 322 g/mol. The van der Waals surface area contributed by atoms with Gasteiger partial charge in [0.1, 0.15) is 0 Å². The van der Waals surface area contributed by atoms with Crippen molar-refractivity contribution in [2.75, 3.05) is 5.32 Å². The van der Waals surface area contributed by atoms with Gasteiger partial charge in [0.15, 0.2) is 5.78 Å². The van der Waals surface area contributed by atoms with Crippen LogP contribution in [0.25, 0.3) is 0 Å². The van der Waals surface area contributed by atoms with Gasteiger partial charge in [-0.15, -0.1) is 0 Å². The molecule has 0 heterocycles. The molecule has 0 aliphatic carbocycles. The fourth-order valence-corrected chi connectivity index (χ4v) is 2.37. The van der Waals surface area contributed by atoms with Gasteiger partial charge in [0.05, 0.1) is 11.4 Å². The summed E-state index contributed by atoms with van der Waals surface area (Å²) >= 11 is 0. The lowest BCUT2D eigenvalue weighted by Crippen LogP contribution is -2.01. The van der Waals surface area contributed by atoms with E-state index in [9.17, 15) is 4.79 Å². The van der Waals surface area contributed by atoms with Crippen molar-refractivity contribution in [3.63, 3.8) is 0 Å². The Kier molecular flexibility index (Phi) is 5.68. The van der Waals surface area contributed by atoms with Gasteiger partial charge in [-0.2, -0.15) is 10.2 Å². The Labute approximate surface area is 152 Å². The van der Waals surface area contributed by atoms with Crippen LogP contribution in [0, 0.1) is 0 Å². The van der Waals surface area contributed by atoms with E-state index in [-0.39, 0.29) is 5.78 Å². The van der Waals surface area contributed by atoms with Gasteiger partial charge in [-0.25, -0.2) is 0 Å². The van der Waals surface area contributed by atoms with Gasteiger partial charge in [-0.3, -0.25) is 4.79 Å². The summed E-state index contributed by atoms with van der Waals surface area (Å²) in [6.07, 6.45) is 1.60. The molecule has 0 aliphatic heterocycles. The van der Waals surface area contributed by atoms with Crippen molar-refractivity contribution in [3.8, 4) is 0 Å². The minimum atomic E-state index is -0.0242. The van der Waals surface area contributed by atoms with Crippen molar-refractivity contribution in [1.82, 2.24) is 0 Å². The van der Waals surface area contributed by atoms with Crippen molar-refractivity contribution in [2.24, 2.45) is 10.2 Å². The summed E-state index contributed by atoms with van der Waals surface area (Å²) in [5, 5.41) is 11.6. The topological polar surface area (TPSA) is 53.8 Å². The third-order valence-corrected chi connectivity index (χ3v) is 3.65. The first-order chi connectivity index (χ1) is 12.7. The summed E-state index contributed by atoms with van der Waals surface area (Å²) in [6, 6.07) is 26.4. The normalized spacial score (nSPS) is 11.5. The molecule has 26 heavy (non-hydrogen) atoms. The Balaban J connectivity index is 1.63. The number of allylic oxidation sites excluding steroid dienone is 2. The van der Waals surface area contributed by atoms with Crippen molar-refractivity contribution in [3.05, 3.63) is 102 Å². The molecule has 128 valence electrons. The van der Waals surface area contributed by atoms with Gasteiger partial charge in [0.25, 0.3) is 0 Å². The van der Waals surface area contributed by atoms with E-state index in [1.807, 2.05) is 79.7 Å². The molecule has 0 bridgehead atoms. The lowest BCUT2D eigenvalue weighted by atomic mass is 10.1. The molecule has 1 N–H and O–H groups in total. The number of nitrogens with one attached hydrogen (secondary N) is 1. The van der Waals surface area contributed by atoms with Crippen molar-refractivity contribution in [1.29, 1.82) is 0 Å². The van der Waals surface area contributed by atoms with Crippen LogP contribution in [0.5, 0.6) is 0 Å². The maximum absolute atomic E-state index is 12.2. The van der Waals surface area contributed by atoms with E-state index in [4.69, 9.17) is 0 Å². The van der Waals surface area contributed by atoms with E-state index in [0.717, 1.165) is 22.8 Å². The molecule has 0 radical (unpaired) electrons. The quantitative estimate of drug-likeness (QED) is 0.325. The van der Waals surface area contributed by atoms with Crippen LogP contribution >= 0.6 is 0 Å². The number of anilines is 1. The number of ketones is 1. The average Bonchev–Trinajstić information content (AvgIpc) is 2.69. The van der Waals surface area contributed by atoms with Gasteiger partial charge < -0.3 is 5.32 Å². The molecule has 0 saturated carbocycles. The minimum absolute atomic E-state index is 0.0242. The molecule has 4 nitrogen and oxygen atoms in total. The zero-order chi connectivity index (χ0) is 18.2. The zero-order valence-corrected chi connectivity index (χ0v) is 14.5. The van der Waals surface area contributed by atoms with Crippen LogP contribution in [0.3, 0.4) is 0 Å². The number of carbonyl (C=O) groups excluding carboxylic acids is 1. The van der Waals surface area contributed by atoms with E-state index < -0.39 is 0 Å². The number of hydrogen-bond donors (Lipinski definition) is 1. The molecule has 0 amide bonds. The number of azo groups is 1. The summed E-state index contributed by atoms with van der Waals surface area (Å²) in [4.78, 5) is 12.2. The van der Waals surface area contributed by atoms with Crippen LogP contribution < -0.4 is 5.32 Å². The first-order valence-electron chi connectivity index (χ1n) is 8.32. The molecule has 0 aliphatic rings. The third kappa shape index (κ3) is 4.98. The average molecular weight is 341 g/mol. The summed E-state index contributed by atoms with van der Waals surface area (Å²) in [6.45, 7) is 1.86. The molecule has 0 saturated heterocycles. The highest BCUT2D eigenvalue weighted by Crippen LogP contribution is 2.20. The van der Waals surface area contributed by atoms with Crippen LogP contribution in [0.15, 0.2) is 107 Å². The van der Waals surface area contributed by atoms with Crippen LogP contribution in [-0.2, 0) is 0 Å². The van der Waals surface area contributed by atoms with Gasteiger partial charge in [0.2, 0.25) is 0 Å². The molecule has 3 aromatic rings. The summed E-state index contributed by atoms with van der Waals surface area (Å²) in [5.41, 5.74) is 3.91. The van der Waals surface area contributed by atoms with Gasteiger partial charge in [-0.1, -0.05) is 48.5 Å². The highest BCUT2D eigenvalue weighted by molar-refractivity contribution is 6.05. The first-order valence-corrected chi connectivity index (χ1v) is 8.32. The van der Waals surface area contributed by atoms with Crippen molar-refractivity contribution >= 4 is 22.8 Å². The largest absolute Gasteiger partial charge is 0.359 e. The second kappa shape index (κ2) is 8.53. The minimum Gasteiger partial charge on any atom is -0.359 e. The van der Waals surface area contributed by atoms with Gasteiger partial charge in [-0.05, 0) is 43.3 Å². The molecule has 0 spiro atoms. The maximum atomic E-state index is 12.2. The standard InChI is InChI=1S/C22H19N3O/c1-17(16-22(26)18-8-4-2-5-9-18)23-19-12-14-21(15-13-19)25-24-20-10-6-3-7-11-20/h2-16,23H,1H3. The Hall–Kier alpha value is -3.53. The monoisotopic (exact) mass is 341 g/mol. The SMILES string of the molecule is CC(=CC(=O)c1ccccc1)Nc1ccc(N=Nc2ccccc2)cc1. The van der Waals surface area contributed by atoms with Crippen LogP contribution in [-0.4, -0.2) is 5.78 Å². The Bertz CT molecular complexity index is 915. The molecule has 0 aromatic heterocycles. The molecule has 0 fully saturated rings. The molecular formula is C22H19N3O. The highest BCUT2D eigenvalue weighted by atomic mass is 16.1. The molecule has 0 atom stereocenters. The molecule has 0 unspecified atom stereocenters. The van der Waals surface area contributed by atoms with Crippen LogP contribution in [0.4, 0.5) is 17.1 Å². The summed E-state index contributed by atoms with van der Waals surface area (Å²) in [5.74, 6) is -0.0242. The number of benzene rings is 3. The smallest absolute Gasteiger partial charge is 0.187 e. The van der Waals surface area contributed by atoms with E-state index in [1.165, 1.54) is 0 Å². The van der Waals surface area contributed by atoms with Gasteiger partial charge >= 0.3 is 0 Å². The zero-order valence-electron chi connectivity index (χ0n) is 14.5. The summed E-state index contributed by atoms with van der Waals surface area (Å²) in [7, 11) is 0.